The van der Waals surface area contributed by atoms with Crippen LogP contribution in [0.15, 0.2) is 12.4 Å². The van der Waals surface area contributed by atoms with E-state index in [1.165, 1.54) is 0 Å². The van der Waals surface area contributed by atoms with Gasteiger partial charge in [-0.1, -0.05) is 0 Å². The molecule has 0 bridgehead atoms. The Morgan fingerprint density at radius 3 is 2.62 bits per heavy atom. The van der Waals surface area contributed by atoms with Crippen LogP contribution in [-0.2, 0) is 12.7 Å². The van der Waals surface area contributed by atoms with Crippen molar-refractivity contribution in [3.05, 3.63) is 28.1 Å². The number of aromatic nitrogens is 4. The lowest BCUT2D eigenvalue weighted by Gasteiger charge is -2.31. The summed E-state index contributed by atoms with van der Waals surface area (Å²) in [7, 11) is 0. The SMILES string of the molecule is Cc1nnc(CN2CCC(Nc3cc(C(F)(F)F)ncn3)CC2)s1. The van der Waals surface area contributed by atoms with Gasteiger partial charge in [-0.05, 0) is 19.8 Å². The molecule has 0 spiro atoms. The summed E-state index contributed by atoms with van der Waals surface area (Å²) in [6.07, 6.45) is -1.84. The molecule has 0 amide bonds. The molecule has 10 heteroatoms. The van der Waals surface area contributed by atoms with E-state index in [1.54, 1.807) is 11.3 Å². The van der Waals surface area contributed by atoms with E-state index in [0.29, 0.717) is 0 Å². The van der Waals surface area contributed by atoms with Crippen LogP contribution in [0.1, 0.15) is 28.6 Å². The zero-order valence-electron chi connectivity index (χ0n) is 13.0. The van der Waals surface area contributed by atoms with Crippen molar-refractivity contribution in [1.29, 1.82) is 0 Å². The maximum Gasteiger partial charge on any atom is 0.433 e. The third-order valence-corrected chi connectivity index (χ3v) is 4.65. The summed E-state index contributed by atoms with van der Waals surface area (Å²) in [5.74, 6) is 0.218. The average Bonchev–Trinajstić information content (AvgIpc) is 2.94. The smallest absolute Gasteiger partial charge is 0.367 e. The van der Waals surface area contributed by atoms with Crippen LogP contribution in [0, 0.1) is 6.92 Å². The normalized spacial score (nSPS) is 17.2. The third kappa shape index (κ3) is 4.38. The van der Waals surface area contributed by atoms with Crippen molar-refractivity contribution in [2.24, 2.45) is 0 Å². The van der Waals surface area contributed by atoms with E-state index in [9.17, 15) is 13.2 Å². The highest BCUT2D eigenvalue weighted by molar-refractivity contribution is 7.11. The fourth-order valence-corrected chi connectivity index (χ4v) is 3.38. The van der Waals surface area contributed by atoms with E-state index in [4.69, 9.17) is 0 Å². The first-order valence-corrected chi connectivity index (χ1v) is 8.39. The Hall–Kier alpha value is -1.81. The molecular weight excluding hydrogens is 341 g/mol. The minimum Gasteiger partial charge on any atom is -0.367 e. The van der Waals surface area contributed by atoms with Crippen LogP contribution in [0.4, 0.5) is 19.0 Å². The van der Waals surface area contributed by atoms with Gasteiger partial charge in [-0.3, -0.25) is 4.90 Å². The fourth-order valence-electron chi connectivity index (χ4n) is 2.63. The zero-order chi connectivity index (χ0) is 17.2. The summed E-state index contributed by atoms with van der Waals surface area (Å²) < 4.78 is 38.0. The van der Waals surface area contributed by atoms with Crippen molar-refractivity contribution < 1.29 is 13.2 Å². The van der Waals surface area contributed by atoms with E-state index >= 15 is 0 Å². The number of likely N-dealkylation sites (tertiary alicyclic amines) is 1. The Bertz CT molecular complexity index is 681. The number of hydrogen-bond donors (Lipinski definition) is 1. The van der Waals surface area contributed by atoms with Gasteiger partial charge in [0, 0.05) is 25.2 Å². The number of nitrogens with one attached hydrogen (secondary N) is 1. The van der Waals surface area contributed by atoms with Crippen molar-refractivity contribution in [3.63, 3.8) is 0 Å². The highest BCUT2D eigenvalue weighted by atomic mass is 32.1. The number of halogens is 3. The molecule has 1 N–H and O–H groups in total. The second kappa shape index (κ2) is 6.98. The van der Waals surface area contributed by atoms with Gasteiger partial charge < -0.3 is 5.32 Å². The van der Waals surface area contributed by atoms with Gasteiger partial charge in [0.2, 0.25) is 0 Å². The van der Waals surface area contributed by atoms with Crippen LogP contribution in [0.3, 0.4) is 0 Å². The first kappa shape index (κ1) is 17.0. The number of alkyl halides is 3. The van der Waals surface area contributed by atoms with Gasteiger partial charge in [0.1, 0.15) is 27.9 Å². The Morgan fingerprint density at radius 1 is 1.25 bits per heavy atom. The molecule has 0 radical (unpaired) electrons. The van der Waals surface area contributed by atoms with Gasteiger partial charge in [0.25, 0.3) is 0 Å². The number of hydrogen-bond acceptors (Lipinski definition) is 7. The predicted molar refractivity (Wildman–Crippen MR) is 83.6 cm³/mol. The lowest BCUT2D eigenvalue weighted by atomic mass is 10.1. The fraction of sp³-hybridized carbons (Fsp3) is 0.571. The van der Waals surface area contributed by atoms with Gasteiger partial charge in [0.15, 0.2) is 0 Å². The summed E-state index contributed by atoms with van der Waals surface area (Å²) >= 11 is 1.59. The highest BCUT2D eigenvalue weighted by Gasteiger charge is 2.33. The monoisotopic (exact) mass is 358 g/mol. The highest BCUT2D eigenvalue weighted by Crippen LogP contribution is 2.28. The first-order valence-electron chi connectivity index (χ1n) is 7.57. The van der Waals surface area contributed by atoms with Crippen LogP contribution < -0.4 is 5.32 Å². The molecule has 2 aromatic heterocycles. The molecule has 0 atom stereocenters. The largest absolute Gasteiger partial charge is 0.433 e. The second-order valence-corrected chi connectivity index (χ2v) is 6.96. The molecule has 130 valence electrons. The van der Waals surface area contributed by atoms with Crippen molar-refractivity contribution in [3.8, 4) is 0 Å². The Morgan fingerprint density at radius 2 is 2.00 bits per heavy atom. The molecule has 0 saturated carbocycles. The Labute approximate surface area is 141 Å². The molecule has 1 aliphatic heterocycles. The first-order chi connectivity index (χ1) is 11.4. The van der Waals surface area contributed by atoms with Crippen molar-refractivity contribution in [2.45, 2.75) is 38.5 Å². The molecule has 1 aliphatic rings. The summed E-state index contributed by atoms with van der Waals surface area (Å²) in [4.78, 5) is 9.43. The molecule has 3 rings (SSSR count). The maximum atomic E-state index is 12.7. The third-order valence-electron chi connectivity index (χ3n) is 3.82. The van der Waals surface area contributed by atoms with E-state index in [-0.39, 0.29) is 11.9 Å². The number of piperidine rings is 1. The minimum absolute atomic E-state index is 0.105. The van der Waals surface area contributed by atoms with Gasteiger partial charge in [-0.15, -0.1) is 21.5 Å². The summed E-state index contributed by atoms with van der Waals surface area (Å²) in [6, 6.07) is 1.06. The number of nitrogens with zero attached hydrogens (tertiary/aromatic N) is 5. The van der Waals surface area contributed by atoms with E-state index in [2.05, 4.69) is 30.4 Å². The lowest BCUT2D eigenvalue weighted by molar-refractivity contribution is -0.141. The van der Waals surface area contributed by atoms with Crippen LogP contribution in [0.5, 0.6) is 0 Å². The van der Waals surface area contributed by atoms with Crippen LogP contribution in [-0.4, -0.2) is 44.2 Å². The van der Waals surface area contributed by atoms with E-state index in [1.807, 2.05) is 6.92 Å². The molecule has 0 aliphatic carbocycles. The predicted octanol–water partition coefficient (Wildman–Crippen LogP) is 2.73. The molecule has 3 heterocycles. The zero-order valence-corrected chi connectivity index (χ0v) is 13.9. The lowest BCUT2D eigenvalue weighted by Crippen LogP contribution is -2.38. The van der Waals surface area contributed by atoms with Crippen molar-refractivity contribution in [1.82, 2.24) is 25.1 Å². The van der Waals surface area contributed by atoms with Crippen LogP contribution in [0.25, 0.3) is 0 Å². The number of aryl methyl sites for hydroxylation is 1. The molecule has 1 saturated heterocycles. The van der Waals surface area contributed by atoms with Crippen molar-refractivity contribution >= 4 is 17.2 Å². The van der Waals surface area contributed by atoms with Crippen LogP contribution in [0.2, 0.25) is 0 Å². The standard InChI is InChI=1S/C14H17F3N6S/c1-9-21-22-13(24-9)7-23-4-2-10(3-5-23)20-12-6-11(14(15,16)17)18-8-19-12/h6,8,10H,2-5,7H2,1H3,(H,18,19,20). The number of rotatable bonds is 4. The van der Waals surface area contributed by atoms with Crippen molar-refractivity contribution in [2.75, 3.05) is 18.4 Å². The molecular formula is C14H17F3N6S. The molecule has 2 aromatic rings. The number of anilines is 1. The molecule has 6 nitrogen and oxygen atoms in total. The minimum atomic E-state index is -4.46. The van der Waals surface area contributed by atoms with E-state index in [0.717, 1.165) is 54.9 Å². The second-order valence-electron chi connectivity index (χ2n) is 5.70. The molecule has 24 heavy (non-hydrogen) atoms. The van der Waals surface area contributed by atoms with E-state index < -0.39 is 11.9 Å². The summed E-state index contributed by atoms with van der Waals surface area (Å²) in [6.45, 7) is 4.40. The Kier molecular flexibility index (Phi) is 4.95. The summed E-state index contributed by atoms with van der Waals surface area (Å²) in [5, 5.41) is 13.1. The van der Waals surface area contributed by atoms with Gasteiger partial charge in [-0.25, -0.2) is 9.97 Å². The summed E-state index contributed by atoms with van der Waals surface area (Å²) in [5.41, 5.74) is -0.927. The van der Waals surface area contributed by atoms with Crippen LogP contribution >= 0.6 is 11.3 Å². The molecule has 1 fully saturated rings. The topological polar surface area (TPSA) is 66.8 Å². The van der Waals surface area contributed by atoms with Gasteiger partial charge in [-0.2, -0.15) is 13.2 Å². The van der Waals surface area contributed by atoms with Gasteiger partial charge in [0.05, 0.1) is 6.54 Å². The molecule has 0 aromatic carbocycles. The average molecular weight is 358 g/mol. The van der Waals surface area contributed by atoms with Gasteiger partial charge >= 0.3 is 6.18 Å². The quantitative estimate of drug-likeness (QED) is 0.907. The maximum absolute atomic E-state index is 12.7. The molecule has 0 unspecified atom stereocenters. The Balaban J connectivity index is 1.52.